The van der Waals surface area contributed by atoms with Crippen LogP contribution in [-0.2, 0) is 9.53 Å². The molecule has 4 rings (SSSR count). The maximum absolute atomic E-state index is 13.4. The van der Waals surface area contributed by atoms with Crippen LogP contribution in [0.1, 0.15) is 72.0 Å². The summed E-state index contributed by atoms with van der Waals surface area (Å²) in [5.74, 6) is -0.517. The van der Waals surface area contributed by atoms with Gasteiger partial charge in [0.05, 0.1) is 6.04 Å². The number of amides is 2. The highest BCUT2D eigenvalue weighted by Gasteiger charge is 2.40. The fraction of sp³-hybridized carbons (Fsp3) is 0.478. The van der Waals surface area contributed by atoms with E-state index >= 15 is 0 Å². The summed E-state index contributed by atoms with van der Waals surface area (Å²) in [7, 11) is 0. The molecule has 2 aromatic rings. The number of nitrogens with two attached hydrogens (primary N) is 1. The van der Waals surface area contributed by atoms with E-state index in [-0.39, 0.29) is 35.1 Å². The predicted octanol–water partition coefficient (Wildman–Crippen LogP) is 3.79. The standard InChI is InChI=1S/C23H27N3O5S/c24-23(30)31-20(14-6-2-1-3-7-14)22(29)26-11-5-10-18(26)21-25-17(13-32-21)19(28)15-8-4-9-16(27)12-15/h4,8-9,12-14,18,20,27H,1-3,5-7,10-11H2,(H2,24,30)/t18?,20-/m0/s1. The highest BCUT2D eigenvalue weighted by molar-refractivity contribution is 7.10. The average molecular weight is 458 g/mol. The number of phenolic OH excluding ortho intramolecular Hbond substituents is 1. The second-order valence-corrected chi connectivity index (χ2v) is 9.29. The molecule has 0 spiro atoms. The van der Waals surface area contributed by atoms with Gasteiger partial charge in [-0.05, 0) is 37.8 Å². The van der Waals surface area contributed by atoms with Crippen LogP contribution in [-0.4, -0.2) is 45.4 Å². The number of ketones is 1. The van der Waals surface area contributed by atoms with Gasteiger partial charge in [-0.15, -0.1) is 11.3 Å². The summed E-state index contributed by atoms with van der Waals surface area (Å²) in [6, 6.07) is 5.88. The molecule has 8 nitrogen and oxygen atoms in total. The molecule has 1 aliphatic heterocycles. The minimum Gasteiger partial charge on any atom is -0.508 e. The van der Waals surface area contributed by atoms with Gasteiger partial charge in [-0.25, -0.2) is 9.78 Å². The van der Waals surface area contributed by atoms with Crippen LogP contribution >= 0.6 is 11.3 Å². The number of rotatable bonds is 6. The summed E-state index contributed by atoms with van der Waals surface area (Å²) < 4.78 is 5.31. The van der Waals surface area contributed by atoms with Gasteiger partial charge in [-0.2, -0.15) is 0 Å². The van der Waals surface area contributed by atoms with E-state index in [1.54, 1.807) is 22.4 Å². The van der Waals surface area contributed by atoms with Crippen LogP contribution in [0.5, 0.6) is 5.75 Å². The second kappa shape index (κ2) is 9.68. The highest BCUT2D eigenvalue weighted by atomic mass is 32.1. The van der Waals surface area contributed by atoms with E-state index in [1.807, 2.05) is 0 Å². The Morgan fingerprint density at radius 2 is 1.94 bits per heavy atom. The SMILES string of the molecule is NC(=O)O[C@H](C(=O)N1CCCC1c1nc(C(=O)c2cccc(O)c2)cs1)C1CCCCC1. The number of hydrogen-bond donors (Lipinski definition) is 2. The quantitative estimate of drug-likeness (QED) is 0.636. The molecule has 3 N–H and O–H groups in total. The van der Waals surface area contributed by atoms with Crippen LogP contribution in [0.3, 0.4) is 0 Å². The molecular formula is C23H27N3O5S. The average Bonchev–Trinajstić information content (AvgIpc) is 3.46. The van der Waals surface area contributed by atoms with Crippen LogP contribution in [0.4, 0.5) is 4.79 Å². The van der Waals surface area contributed by atoms with Gasteiger partial charge in [0.2, 0.25) is 5.78 Å². The molecule has 1 unspecified atom stereocenters. The lowest BCUT2D eigenvalue weighted by molar-refractivity contribution is -0.144. The number of ether oxygens (including phenoxy) is 1. The molecule has 2 amide bonds. The number of aromatic hydroxyl groups is 1. The number of carbonyl (C=O) groups is 3. The van der Waals surface area contributed by atoms with Gasteiger partial charge < -0.3 is 20.5 Å². The smallest absolute Gasteiger partial charge is 0.405 e. The second-order valence-electron chi connectivity index (χ2n) is 8.40. The first-order valence-electron chi connectivity index (χ1n) is 11.0. The van der Waals surface area contributed by atoms with E-state index in [0.29, 0.717) is 17.1 Å². The largest absolute Gasteiger partial charge is 0.508 e. The minimum absolute atomic E-state index is 0.0158. The zero-order chi connectivity index (χ0) is 22.7. The van der Waals surface area contributed by atoms with Crippen molar-refractivity contribution in [1.82, 2.24) is 9.88 Å². The maximum Gasteiger partial charge on any atom is 0.405 e. The Hall–Kier alpha value is -2.94. The van der Waals surface area contributed by atoms with E-state index < -0.39 is 12.2 Å². The third kappa shape index (κ3) is 4.77. The van der Waals surface area contributed by atoms with Crippen molar-refractivity contribution in [2.45, 2.75) is 57.1 Å². The molecule has 2 aliphatic rings. The number of phenols is 1. The Bertz CT molecular complexity index is 1000. The van der Waals surface area contributed by atoms with E-state index in [4.69, 9.17) is 10.5 Å². The molecule has 1 saturated carbocycles. The van der Waals surface area contributed by atoms with Crippen molar-refractivity contribution in [2.75, 3.05) is 6.54 Å². The van der Waals surface area contributed by atoms with Crippen molar-refractivity contribution in [2.24, 2.45) is 11.7 Å². The van der Waals surface area contributed by atoms with Crippen LogP contribution in [0, 0.1) is 5.92 Å². The summed E-state index contributed by atoms with van der Waals surface area (Å²) in [4.78, 5) is 44.0. The van der Waals surface area contributed by atoms with Crippen LogP contribution in [0.25, 0.3) is 0 Å². The van der Waals surface area contributed by atoms with Gasteiger partial charge in [0.25, 0.3) is 5.91 Å². The van der Waals surface area contributed by atoms with Crippen LogP contribution in [0.15, 0.2) is 29.6 Å². The molecule has 0 bridgehead atoms. The monoisotopic (exact) mass is 457 g/mol. The number of benzene rings is 1. The molecule has 2 fully saturated rings. The number of likely N-dealkylation sites (tertiary alicyclic amines) is 1. The van der Waals surface area contributed by atoms with Crippen molar-refractivity contribution >= 4 is 29.1 Å². The Labute approximate surface area is 190 Å². The van der Waals surface area contributed by atoms with Crippen molar-refractivity contribution in [1.29, 1.82) is 0 Å². The Kier molecular flexibility index (Phi) is 6.74. The summed E-state index contributed by atoms with van der Waals surface area (Å²) in [6.07, 6.45) is 4.53. The van der Waals surface area contributed by atoms with E-state index in [2.05, 4.69) is 4.98 Å². The Morgan fingerprint density at radius 3 is 2.66 bits per heavy atom. The third-order valence-corrected chi connectivity index (χ3v) is 7.19. The van der Waals surface area contributed by atoms with E-state index in [9.17, 15) is 19.5 Å². The van der Waals surface area contributed by atoms with Crippen molar-refractivity contribution in [3.63, 3.8) is 0 Å². The van der Waals surface area contributed by atoms with Crippen LogP contribution < -0.4 is 5.73 Å². The molecule has 0 radical (unpaired) electrons. The molecule has 1 aliphatic carbocycles. The number of primary amides is 1. The summed E-state index contributed by atoms with van der Waals surface area (Å²) in [5.41, 5.74) is 5.93. The number of aromatic nitrogens is 1. The number of hydrogen-bond acceptors (Lipinski definition) is 7. The highest BCUT2D eigenvalue weighted by Crippen LogP contribution is 2.37. The molecule has 1 aromatic heterocycles. The van der Waals surface area contributed by atoms with Crippen molar-refractivity contribution < 1.29 is 24.2 Å². The lowest BCUT2D eigenvalue weighted by atomic mass is 9.84. The fourth-order valence-corrected chi connectivity index (χ4v) is 5.65. The topological polar surface area (TPSA) is 123 Å². The number of thiazole rings is 1. The summed E-state index contributed by atoms with van der Waals surface area (Å²) in [6.45, 7) is 0.546. The zero-order valence-corrected chi connectivity index (χ0v) is 18.6. The maximum atomic E-state index is 13.4. The zero-order valence-electron chi connectivity index (χ0n) is 17.7. The third-order valence-electron chi connectivity index (χ3n) is 6.25. The lowest BCUT2D eigenvalue weighted by Crippen LogP contribution is -2.46. The first-order chi connectivity index (χ1) is 15.4. The van der Waals surface area contributed by atoms with Gasteiger partial charge >= 0.3 is 6.09 Å². The first kappa shape index (κ1) is 22.3. The van der Waals surface area contributed by atoms with Gasteiger partial charge in [-0.3, -0.25) is 9.59 Å². The van der Waals surface area contributed by atoms with Crippen LogP contribution in [0.2, 0.25) is 0 Å². The molecule has 2 atom stereocenters. The fourth-order valence-electron chi connectivity index (χ4n) is 4.70. The summed E-state index contributed by atoms with van der Waals surface area (Å²) in [5, 5.41) is 12.0. The summed E-state index contributed by atoms with van der Waals surface area (Å²) >= 11 is 1.34. The molecular weight excluding hydrogens is 430 g/mol. The molecule has 170 valence electrons. The van der Waals surface area contributed by atoms with Gasteiger partial charge in [0, 0.05) is 23.4 Å². The van der Waals surface area contributed by atoms with Gasteiger partial charge in [0.15, 0.2) is 6.10 Å². The molecule has 1 aromatic carbocycles. The minimum atomic E-state index is -0.932. The first-order valence-corrected chi connectivity index (χ1v) is 11.9. The van der Waals surface area contributed by atoms with Gasteiger partial charge in [-0.1, -0.05) is 31.4 Å². The normalized spacial score (nSPS) is 20.1. The predicted molar refractivity (Wildman–Crippen MR) is 118 cm³/mol. The molecule has 2 heterocycles. The van der Waals surface area contributed by atoms with Crippen molar-refractivity contribution in [3.05, 3.63) is 45.9 Å². The molecule has 32 heavy (non-hydrogen) atoms. The van der Waals surface area contributed by atoms with E-state index in [1.165, 1.54) is 23.5 Å². The molecule has 9 heteroatoms. The Morgan fingerprint density at radius 1 is 1.16 bits per heavy atom. The van der Waals surface area contributed by atoms with E-state index in [0.717, 1.165) is 44.9 Å². The Balaban J connectivity index is 1.53. The number of carbonyl (C=O) groups excluding carboxylic acids is 3. The lowest BCUT2D eigenvalue weighted by Gasteiger charge is -2.33. The van der Waals surface area contributed by atoms with Gasteiger partial charge in [0.1, 0.15) is 16.5 Å². The molecule has 1 saturated heterocycles. The van der Waals surface area contributed by atoms with Crippen molar-refractivity contribution in [3.8, 4) is 5.75 Å². The number of nitrogens with zero attached hydrogens (tertiary/aromatic N) is 2.